The number of nitrogens with one attached hydrogen (secondary N) is 2. The second-order valence-corrected chi connectivity index (χ2v) is 7.80. The number of hydrogen-bond donors (Lipinski definition) is 2. The zero-order valence-corrected chi connectivity index (χ0v) is 18.7. The van der Waals surface area contributed by atoms with Crippen LogP contribution >= 0.6 is 0 Å². The van der Waals surface area contributed by atoms with Crippen LogP contribution in [0.3, 0.4) is 0 Å². The summed E-state index contributed by atoms with van der Waals surface area (Å²) in [5.41, 5.74) is 2.62. The Labute approximate surface area is 176 Å². The molecule has 29 heavy (non-hydrogen) atoms. The van der Waals surface area contributed by atoms with Gasteiger partial charge >= 0.3 is 0 Å². The molecule has 1 aromatic carbocycles. The van der Waals surface area contributed by atoms with Crippen molar-refractivity contribution in [3.8, 4) is 5.75 Å². The highest BCUT2D eigenvalue weighted by molar-refractivity contribution is 5.79. The number of aryl methyl sites for hydroxylation is 1. The summed E-state index contributed by atoms with van der Waals surface area (Å²) in [4.78, 5) is 4.81. The summed E-state index contributed by atoms with van der Waals surface area (Å²) in [6, 6.07) is 6.28. The molecule has 0 radical (unpaired) electrons. The summed E-state index contributed by atoms with van der Waals surface area (Å²) in [5, 5.41) is 6.92. The van der Waals surface area contributed by atoms with E-state index in [9.17, 15) is 0 Å². The molecule has 0 atom stereocenters. The highest BCUT2D eigenvalue weighted by atomic mass is 16.5. The Bertz CT molecular complexity index is 630. The number of nitrogens with zero attached hydrogens (tertiary/aromatic N) is 1. The minimum absolute atomic E-state index is 0.351. The van der Waals surface area contributed by atoms with E-state index in [1.165, 1.54) is 24.8 Å². The summed E-state index contributed by atoms with van der Waals surface area (Å²) in [6.07, 6.45) is 4.94. The van der Waals surface area contributed by atoms with E-state index < -0.39 is 0 Å². The highest BCUT2D eigenvalue weighted by Crippen LogP contribution is 2.43. The molecule has 0 saturated heterocycles. The minimum atomic E-state index is 0.351. The minimum Gasteiger partial charge on any atom is -0.491 e. The first-order chi connectivity index (χ1) is 14.1. The van der Waals surface area contributed by atoms with Crippen LogP contribution < -0.4 is 15.4 Å². The van der Waals surface area contributed by atoms with Gasteiger partial charge in [0.05, 0.1) is 13.2 Å². The van der Waals surface area contributed by atoms with Gasteiger partial charge in [-0.05, 0) is 57.1 Å². The Morgan fingerprint density at radius 2 is 1.97 bits per heavy atom. The van der Waals surface area contributed by atoms with Crippen LogP contribution in [0.1, 0.15) is 50.7 Å². The van der Waals surface area contributed by atoms with E-state index in [4.69, 9.17) is 19.2 Å². The van der Waals surface area contributed by atoms with E-state index in [1.807, 2.05) is 6.92 Å². The zero-order chi connectivity index (χ0) is 21.0. The maximum atomic E-state index is 5.95. The van der Waals surface area contributed by atoms with Crippen LogP contribution in [-0.4, -0.2) is 52.6 Å². The molecule has 0 aromatic heterocycles. The number of benzene rings is 1. The molecule has 0 heterocycles. The Kier molecular flexibility index (Phi) is 10.3. The fraction of sp³-hybridized carbons (Fsp3) is 0.696. The molecule has 1 aliphatic rings. The molecule has 1 aliphatic carbocycles. The van der Waals surface area contributed by atoms with Crippen LogP contribution in [0.25, 0.3) is 0 Å². The Hall–Kier alpha value is -1.79. The van der Waals surface area contributed by atoms with Crippen molar-refractivity contribution in [2.75, 3.05) is 46.6 Å². The van der Waals surface area contributed by atoms with E-state index in [1.54, 1.807) is 7.11 Å². The molecule has 2 N–H and O–H groups in total. The molecular formula is C23H39N3O3. The van der Waals surface area contributed by atoms with Crippen molar-refractivity contribution >= 4 is 5.96 Å². The standard InChI is InChI=1S/C23H39N3O3/c1-5-24-22(26-18-23(10-7-11-23)12-13-27-4)25-17-20-9-8-19(3)16-21(20)29-15-14-28-6-2/h8-9,16H,5-7,10-15,17-18H2,1-4H3,(H2,24,25,26). The van der Waals surface area contributed by atoms with Crippen LogP contribution in [0.2, 0.25) is 0 Å². The van der Waals surface area contributed by atoms with Crippen molar-refractivity contribution in [1.82, 2.24) is 10.6 Å². The first-order valence-corrected chi connectivity index (χ1v) is 10.9. The van der Waals surface area contributed by atoms with Crippen LogP contribution in [0.15, 0.2) is 23.2 Å². The summed E-state index contributed by atoms with van der Waals surface area (Å²) in [7, 11) is 1.78. The smallest absolute Gasteiger partial charge is 0.191 e. The molecule has 0 unspecified atom stereocenters. The second-order valence-electron chi connectivity index (χ2n) is 7.80. The number of ether oxygens (including phenoxy) is 3. The van der Waals surface area contributed by atoms with E-state index >= 15 is 0 Å². The van der Waals surface area contributed by atoms with Gasteiger partial charge in [-0.2, -0.15) is 0 Å². The monoisotopic (exact) mass is 405 g/mol. The lowest BCUT2D eigenvalue weighted by atomic mass is 9.67. The van der Waals surface area contributed by atoms with Gasteiger partial charge in [-0.1, -0.05) is 18.6 Å². The lowest BCUT2D eigenvalue weighted by molar-refractivity contribution is 0.0732. The molecule has 1 fully saturated rings. The topological polar surface area (TPSA) is 64.1 Å². The first kappa shape index (κ1) is 23.5. The predicted molar refractivity (Wildman–Crippen MR) is 119 cm³/mol. The molecule has 1 saturated carbocycles. The number of hydrogen-bond acceptors (Lipinski definition) is 4. The van der Waals surface area contributed by atoms with Gasteiger partial charge in [-0.3, -0.25) is 0 Å². The molecule has 0 amide bonds. The maximum absolute atomic E-state index is 5.95. The Morgan fingerprint density at radius 1 is 1.14 bits per heavy atom. The summed E-state index contributed by atoms with van der Waals surface area (Å²) >= 11 is 0. The van der Waals surface area contributed by atoms with Gasteiger partial charge in [0, 0.05) is 39.0 Å². The van der Waals surface area contributed by atoms with Gasteiger partial charge in [0.1, 0.15) is 12.4 Å². The molecule has 2 rings (SSSR count). The molecule has 0 aliphatic heterocycles. The Morgan fingerprint density at radius 3 is 2.62 bits per heavy atom. The van der Waals surface area contributed by atoms with Crippen molar-refractivity contribution < 1.29 is 14.2 Å². The van der Waals surface area contributed by atoms with E-state index in [-0.39, 0.29) is 0 Å². The fourth-order valence-electron chi connectivity index (χ4n) is 3.57. The second kappa shape index (κ2) is 12.7. The Balaban J connectivity index is 1.98. The third-order valence-electron chi connectivity index (χ3n) is 5.55. The lowest BCUT2D eigenvalue weighted by Crippen LogP contribution is -2.46. The fourth-order valence-corrected chi connectivity index (χ4v) is 3.57. The van der Waals surface area contributed by atoms with Crippen molar-refractivity contribution in [3.05, 3.63) is 29.3 Å². The molecule has 6 nitrogen and oxygen atoms in total. The van der Waals surface area contributed by atoms with Crippen molar-refractivity contribution in [1.29, 1.82) is 0 Å². The van der Waals surface area contributed by atoms with Crippen LogP contribution in [0, 0.1) is 12.3 Å². The predicted octanol–water partition coefficient (Wildman–Crippen LogP) is 3.67. The van der Waals surface area contributed by atoms with E-state index in [0.717, 1.165) is 43.4 Å². The number of aliphatic imine (C=N–C) groups is 1. The lowest BCUT2D eigenvalue weighted by Gasteiger charge is -2.42. The highest BCUT2D eigenvalue weighted by Gasteiger charge is 2.36. The van der Waals surface area contributed by atoms with E-state index in [2.05, 4.69) is 42.7 Å². The third-order valence-corrected chi connectivity index (χ3v) is 5.55. The summed E-state index contributed by atoms with van der Waals surface area (Å²) in [5.74, 6) is 1.75. The van der Waals surface area contributed by atoms with E-state index in [0.29, 0.717) is 31.8 Å². The quantitative estimate of drug-likeness (QED) is 0.298. The van der Waals surface area contributed by atoms with Gasteiger partial charge in [-0.15, -0.1) is 0 Å². The van der Waals surface area contributed by atoms with Gasteiger partial charge in [0.25, 0.3) is 0 Å². The first-order valence-electron chi connectivity index (χ1n) is 10.9. The molecule has 6 heteroatoms. The molecule has 0 spiro atoms. The maximum Gasteiger partial charge on any atom is 0.191 e. The normalized spacial score (nSPS) is 15.7. The molecule has 1 aromatic rings. The average molecular weight is 406 g/mol. The van der Waals surface area contributed by atoms with Gasteiger partial charge in [0.15, 0.2) is 5.96 Å². The van der Waals surface area contributed by atoms with Crippen LogP contribution in [0.5, 0.6) is 5.75 Å². The van der Waals surface area contributed by atoms with Crippen molar-refractivity contribution in [3.63, 3.8) is 0 Å². The van der Waals surface area contributed by atoms with Crippen molar-refractivity contribution in [2.45, 2.75) is 53.0 Å². The third kappa shape index (κ3) is 7.86. The van der Waals surface area contributed by atoms with Gasteiger partial charge in [-0.25, -0.2) is 4.99 Å². The summed E-state index contributed by atoms with van der Waals surface area (Å²) < 4.78 is 16.6. The van der Waals surface area contributed by atoms with Gasteiger partial charge in [0.2, 0.25) is 0 Å². The number of methoxy groups -OCH3 is 1. The summed E-state index contributed by atoms with van der Waals surface area (Å²) in [6.45, 7) is 11.2. The number of guanidine groups is 1. The van der Waals surface area contributed by atoms with Crippen LogP contribution in [0.4, 0.5) is 0 Å². The molecule has 164 valence electrons. The SMILES string of the molecule is CCNC(=NCc1ccc(C)cc1OCCOCC)NCC1(CCOC)CCC1. The number of rotatable bonds is 13. The molecular weight excluding hydrogens is 366 g/mol. The largest absolute Gasteiger partial charge is 0.491 e. The zero-order valence-electron chi connectivity index (χ0n) is 18.7. The van der Waals surface area contributed by atoms with Crippen LogP contribution in [-0.2, 0) is 16.0 Å². The molecule has 0 bridgehead atoms. The van der Waals surface area contributed by atoms with Gasteiger partial charge < -0.3 is 24.8 Å². The average Bonchev–Trinajstić information content (AvgIpc) is 2.69. The van der Waals surface area contributed by atoms with Crippen molar-refractivity contribution in [2.24, 2.45) is 10.4 Å².